The van der Waals surface area contributed by atoms with E-state index in [-0.39, 0.29) is 17.0 Å². The predicted octanol–water partition coefficient (Wildman–Crippen LogP) is 3.12. The molecule has 4 aromatic rings. The zero-order valence-electron chi connectivity index (χ0n) is 18.5. The molecule has 2 aromatic carbocycles. The summed E-state index contributed by atoms with van der Waals surface area (Å²) in [6.45, 7) is 2.09. The third-order valence-electron chi connectivity index (χ3n) is 5.33. The molecule has 0 aliphatic carbocycles. The van der Waals surface area contributed by atoms with E-state index in [1.54, 1.807) is 25.2 Å². The van der Waals surface area contributed by atoms with E-state index in [1.807, 2.05) is 31.2 Å². The monoisotopic (exact) mass is 478 g/mol. The lowest BCUT2D eigenvalue weighted by Gasteiger charge is -2.09. The molecule has 0 bridgehead atoms. The van der Waals surface area contributed by atoms with Gasteiger partial charge in [0, 0.05) is 19.7 Å². The number of nitrogens with zero attached hydrogens (tertiary/aromatic N) is 2. The molecule has 2 aromatic heterocycles. The van der Waals surface area contributed by atoms with Gasteiger partial charge in [0.15, 0.2) is 9.84 Å². The van der Waals surface area contributed by atoms with Crippen LogP contribution in [-0.2, 0) is 29.9 Å². The molecule has 0 aliphatic rings. The summed E-state index contributed by atoms with van der Waals surface area (Å²) in [6.07, 6.45) is 1.73. The maximum absolute atomic E-state index is 13.1. The van der Waals surface area contributed by atoms with E-state index in [9.17, 15) is 18.0 Å². The lowest BCUT2D eigenvalue weighted by atomic mass is 10.1. The van der Waals surface area contributed by atoms with E-state index < -0.39 is 15.5 Å². The minimum atomic E-state index is -3.31. The number of fused-ring (bicyclic) bond motifs is 1. The van der Waals surface area contributed by atoms with Crippen molar-refractivity contribution in [3.8, 4) is 11.8 Å². The van der Waals surface area contributed by atoms with Gasteiger partial charge in [-0.25, -0.2) is 13.2 Å². The topological polar surface area (TPSA) is 78.1 Å². The van der Waals surface area contributed by atoms with E-state index in [2.05, 4.69) is 11.8 Å². The molecule has 0 N–H and O–H groups in total. The van der Waals surface area contributed by atoms with Gasteiger partial charge in [-0.1, -0.05) is 53.8 Å². The van der Waals surface area contributed by atoms with Crippen LogP contribution in [0.1, 0.15) is 21.6 Å². The average Bonchev–Trinajstić information content (AvgIpc) is 3.21. The van der Waals surface area contributed by atoms with Crippen LogP contribution in [0, 0.1) is 18.8 Å². The Morgan fingerprint density at radius 3 is 2.24 bits per heavy atom. The van der Waals surface area contributed by atoms with Crippen molar-refractivity contribution in [2.75, 3.05) is 6.26 Å². The third-order valence-corrected chi connectivity index (χ3v) is 7.58. The van der Waals surface area contributed by atoms with Gasteiger partial charge in [-0.05, 0) is 36.2 Å². The van der Waals surface area contributed by atoms with Gasteiger partial charge in [-0.3, -0.25) is 13.9 Å². The van der Waals surface area contributed by atoms with Gasteiger partial charge < -0.3 is 0 Å². The quantitative estimate of drug-likeness (QED) is 0.422. The fourth-order valence-corrected chi connectivity index (χ4v) is 5.06. The summed E-state index contributed by atoms with van der Waals surface area (Å²) in [5.41, 5.74) is 2.16. The van der Waals surface area contributed by atoms with Crippen molar-refractivity contribution in [1.82, 2.24) is 9.13 Å². The lowest BCUT2D eigenvalue weighted by molar-refractivity contribution is 0.601. The lowest BCUT2D eigenvalue weighted by Crippen LogP contribution is -2.38. The Morgan fingerprint density at radius 2 is 1.61 bits per heavy atom. The number of aryl methyl sites for hydroxylation is 2. The van der Waals surface area contributed by atoms with Gasteiger partial charge in [-0.2, -0.15) is 0 Å². The highest BCUT2D eigenvalue weighted by Gasteiger charge is 2.15. The van der Waals surface area contributed by atoms with Gasteiger partial charge in [0.25, 0.3) is 5.56 Å². The Bertz CT molecular complexity index is 1630. The summed E-state index contributed by atoms with van der Waals surface area (Å²) in [6, 6.07) is 16.1. The number of sulfone groups is 1. The molecule has 0 amide bonds. The van der Waals surface area contributed by atoms with Crippen molar-refractivity contribution in [3.63, 3.8) is 0 Å². The van der Waals surface area contributed by atoms with Crippen LogP contribution in [0.25, 0.3) is 10.2 Å². The Hall–Kier alpha value is -3.41. The SMILES string of the molecule is Cc1ccc(CC#Cc2cc3c(=O)n(Cc4ccc(S(C)(=O)=O)cc4)c(=O)n(C)c3s2)cc1. The van der Waals surface area contributed by atoms with Crippen molar-refractivity contribution in [1.29, 1.82) is 0 Å². The van der Waals surface area contributed by atoms with Crippen LogP contribution < -0.4 is 11.2 Å². The summed E-state index contributed by atoms with van der Waals surface area (Å²) in [4.78, 5) is 27.4. The number of thiophene rings is 1. The van der Waals surface area contributed by atoms with Crippen LogP contribution in [0.3, 0.4) is 0 Å². The van der Waals surface area contributed by atoms with Crippen molar-refractivity contribution >= 4 is 31.4 Å². The molecule has 33 heavy (non-hydrogen) atoms. The number of aromatic nitrogens is 2. The highest BCUT2D eigenvalue weighted by Crippen LogP contribution is 2.21. The van der Waals surface area contributed by atoms with E-state index in [1.165, 1.54) is 33.6 Å². The van der Waals surface area contributed by atoms with Crippen molar-refractivity contribution < 1.29 is 8.42 Å². The molecular weight excluding hydrogens is 456 g/mol. The Morgan fingerprint density at radius 1 is 0.970 bits per heavy atom. The van der Waals surface area contributed by atoms with E-state index in [0.29, 0.717) is 22.2 Å². The van der Waals surface area contributed by atoms with Crippen LogP contribution in [0.2, 0.25) is 0 Å². The second-order valence-corrected chi connectivity index (χ2v) is 11.0. The van der Waals surface area contributed by atoms with Gasteiger partial charge in [-0.15, -0.1) is 11.3 Å². The molecule has 0 unspecified atom stereocenters. The summed E-state index contributed by atoms with van der Waals surface area (Å²) in [5, 5.41) is 0.439. The van der Waals surface area contributed by atoms with Gasteiger partial charge in [0.2, 0.25) is 0 Å². The summed E-state index contributed by atoms with van der Waals surface area (Å²) < 4.78 is 25.9. The van der Waals surface area contributed by atoms with Gasteiger partial charge >= 0.3 is 5.69 Å². The Kier molecular flexibility index (Phi) is 6.11. The van der Waals surface area contributed by atoms with Crippen molar-refractivity contribution in [2.24, 2.45) is 7.05 Å². The molecule has 0 saturated carbocycles. The number of rotatable bonds is 4. The molecular formula is C25H22N2O4S2. The third kappa shape index (κ3) is 4.85. The van der Waals surface area contributed by atoms with Crippen molar-refractivity contribution in [2.45, 2.75) is 24.8 Å². The largest absolute Gasteiger partial charge is 0.332 e. The van der Waals surface area contributed by atoms with Crippen LogP contribution >= 0.6 is 11.3 Å². The first-order valence-corrected chi connectivity index (χ1v) is 12.9. The van der Waals surface area contributed by atoms with E-state index in [4.69, 9.17) is 0 Å². The van der Waals surface area contributed by atoms with Crippen molar-refractivity contribution in [3.05, 3.63) is 97.0 Å². The van der Waals surface area contributed by atoms with E-state index in [0.717, 1.165) is 21.3 Å². The second kappa shape index (κ2) is 8.85. The molecule has 6 nitrogen and oxygen atoms in total. The molecule has 0 spiro atoms. The smallest absolute Gasteiger partial charge is 0.287 e. The molecule has 8 heteroatoms. The normalized spacial score (nSPS) is 11.4. The number of benzene rings is 2. The summed E-state index contributed by atoms with van der Waals surface area (Å²) in [5.74, 6) is 6.25. The molecule has 0 aliphatic heterocycles. The minimum Gasteiger partial charge on any atom is -0.287 e. The zero-order valence-corrected chi connectivity index (χ0v) is 20.1. The number of hydrogen-bond acceptors (Lipinski definition) is 5. The van der Waals surface area contributed by atoms with Crippen LogP contribution in [0.5, 0.6) is 0 Å². The first-order valence-electron chi connectivity index (χ1n) is 10.2. The summed E-state index contributed by atoms with van der Waals surface area (Å²) >= 11 is 1.32. The maximum Gasteiger partial charge on any atom is 0.332 e. The fourth-order valence-electron chi connectivity index (χ4n) is 3.45. The molecule has 2 heterocycles. The molecule has 4 rings (SSSR count). The van der Waals surface area contributed by atoms with E-state index >= 15 is 0 Å². The molecule has 168 valence electrons. The first-order chi connectivity index (χ1) is 15.6. The zero-order chi connectivity index (χ0) is 23.8. The van der Waals surface area contributed by atoms with Gasteiger partial charge in [0.05, 0.1) is 21.7 Å². The fraction of sp³-hybridized carbons (Fsp3) is 0.200. The van der Waals surface area contributed by atoms with Crippen LogP contribution in [-0.4, -0.2) is 23.8 Å². The second-order valence-electron chi connectivity index (χ2n) is 7.94. The molecule has 0 saturated heterocycles. The number of hydrogen-bond donors (Lipinski definition) is 0. The Labute approximate surface area is 195 Å². The summed E-state index contributed by atoms with van der Waals surface area (Å²) in [7, 11) is -1.68. The highest BCUT2D eigenvalue weighted by molar-refractivity contribution is 7.90. The molecule has 0 fully saturated rings. The average molecular weight is 479 g/mol. The molecule has 0 radical (unpaired) electrons. The Balaban J connectivity index is 1.66. The van der Waals surface area contributed by atoms with Crippen LogP contribution in [0.4, 0.5) is 0 Å². The highest BCUT2D eigenvalue weighted by atomic mass is 32.2. The standard InChI is InChI=1S/C25H22N2O4S2/c1-17-7-9-18(10-8-17)5-4-6-20-15-22-23(28)27(25(29)26(2)24(22)32-20)16-19-11-13-21(14-12-19)33(3,30)31/h7-15H,5,16H2,1-3H3. The minimum absolute atomic E-state index is 0.0514. The maximum atomic E-state index is 13.1. The molecule has 0 atom stereocenters. The predicted molar refractivity (Wildman–Crippen MR) is 132 cm³/mol. The van der Waals surface area contributed by atoms with Gasteiger partial charge in [0.1, 0.15) is 4.83 Å². The van der Waals surface area contributed by atoms with Crippen LogP contribution in [0.15, 0.2) is 69.1 Å². The first kappa shape index (κ1) is 22.8.